The molecule has 2 aliphatic rings. The van der Waals surface area contributed by atoms with E-state index in [1.165, 1.54) is 0 Å². The number of hydrogen-bond acceptors (Lipinski definition) is 4. The molecule has 5 rings (SSSR count). The monoisotopic (exact) mass is 495 g/mol. The molecule has 1 aliphatic carbocycles. The molecule has 2 amide bonds. The Morgan fingerprint density at radius 2 is 1.70 bits per heavy atom. The first kappa shape index (κ1) is 24.9. The number of nitrogens with one attached hydrogen (secondary N) is 1. The Labute approximate surface area is 218 Å². The third kappa shape index (κ3) is 5.63. The van der Waals surface area contributed by atoms with Crippen molar-refractivity contribution in [2.75, 3.05) is 19.6 Å². The summed E-state index contributed by atoms with van der Waals surface area (Å²) >= 11 is 0. The maximum Gasteiger partial charge on any atom is 0.254 e. The van der Waals surface area contributed by atoms with Crippen LogP contribution >= 0.6 is 0 Å². The molecule has 3 aromatic rings. The van der Waals surface area contributed by atoms with Gasteiger partial charge in [-0.15, -0.1) is 0 Å². The highest BCUT2D eigenvalue weighted by molar-refractivity contribution is 6.24. The number of amides is 2. The number of aromatic nitrogens is 1. The number of likely N-dealkylation sites (tertiary alicyclic amines) is 1. The van der Waals surface area contributed by atoms with Crippen molar-refractivity contribution >= 4 is 17.6 Å². The molecule has 2 aromatic carbocycles. The zero-order valence-corrected chi connectivity index (χ0v) is 21.1. The van der Waals surface area contributed by atoms with E-state index in [1.54, 1.807) is 12.4 Å². The van der Waals surface area contributed by atoms with Gasteiger partial charge in [-0.3, -0.25) is 19.4 Å². The van der Waals surface area contributed by atoms with Crippen LogP contribution in [0.3, 0.4) is 0 Å². The number of benzene rings is 2. The number of ketones is 1. The molecule has 37 heavy (non-hydrogen) atoms. The van der Waals surface area contributed by atoms with Crippen LogP contribution in [-0.4, -0.2) is 47.1 Å². The van der Waals surface area contributed by atoms with Gasteiger partial charge in [-0.25, -0.2) is 0 Å². The molecule has 0 atom stereocenters. The largest absolute Gasteiger partial charge is 0.356 e. The lowest BCUT2D eigenvalue weighted by Gasteiger charge is -2.32. The predicted octanol–water partition coefficient (Wildman–Crippen LogP) is 5.06. The van der Waals surface area contributed by atoms with Crippen molar-refractivity contribution in [3.05, 3.63) is 89.2 Å². The average Bonchev–Trinajstić information content (AvgIpc) is 3.24. The fourth-order valence-electron chi connectivity index (χ4n) is 5.53. The van der Waals surface area contributed by atoms with Gasteiger partial charge in [0.1, 0.15) is 0 Å². The van der Waals surface area contributed by atoms with Crippen LogP contribution in [-0.2, 0) is 11.2 Å². The van der Waals surface area contributed by atoms with Crippen molar-refractivity contribution in [1.29, 1.82) is 0 Å². The van der Waals surface area contributed by atoms with Gasteiger partial charge < -0.3 is 10.2 Å². The minimum atomic E-state index is 0.00337. The molecule has 1 aromatic heterocycles. The second-order valence-electron chi connectivity index (χ2n) is 10.0. The molecule has 0 saturated carbocycles. The molecule has 190 valence electrons. The number of fused-ring (bicyclic) bond motifs is 3. The summed E-state index contributed by atoms with van der Waals surface area (Å²) in [6.45, 7) is 2.20. The lowest BCUT2D eigenvalue weighted by Crippen LogP contribution is -2.38. The molecule has 1 N–H and O–H groups in total. The standard InChI is InChI=1S/C31H33N3O3/c35-28(14-13-23-8-6-17-32-21-23)33-18-4-3-7-22-15-19-34(20-16-22)31(37)27-12-5-11-26-29(27)24-9-1-2-10-25(24)30(26)36/h1-2,5-6,8-12,17,21-22H,3-4,7,13-16,18-20H2,(H,33,35). The number of pyridine rings is 1. The van der Waals surface area contributed by atoms with E-state index in [1.807, 2.05) is 59.5 Å². The number of piperidine rings is 1. The van der Waals surface area contributed by atoms with Crippen LogP contribution in [0.15, 0.2) is 67.0 Å². The maximum absolute atomic E-state index is 13.5. The Bertz CT molecular complexity index is 1280. The number of rotatable bonds is 9. The number of carbonyl (C=O) groups excluding carboxylic acids is 3. The molecule has 0 spiro atoms. The molecule has 0 bridgehead atoms. The van der Waals surface area contributed by atoms with Crippen molar-refractivity contribution in [3.63, 3.8) is 0 Å². The highest BCUT2D eigenvalue weighted by atomic mass is 16.2. The van der Waals surface area contributed by atoms with Crippen LogP contribution < -0.4 is 5.32 Å². The van der Waals surface area contributed by atoms with E-state index in [-0.39, 0.29) is 17.6 Å². The summed E-state index contributed by atoms with van der Waals surface area (Å²) < 4.78 is 0. The summed E-state index contributed by atoms with van der Waals surface area (Å²) in [7, 11) is 0. The van der Waals surface area contributed by atoms with Gasteiger partial charge in [-0.2, -0.15) is 0 Å². The van der Waals surface area contributed by atoms with Crippen LogP contribution in [0.1, 0.15) is 70.4 Å². The minimum Gasteiger partial charge on any atom is -0.356 e. The minimum absolute atomic E-state index is 0.00337. The Morgan fingerprint density at radius 1 is 0.919 bits per heavy atom. The molecular formula is C31H33N3O3. The van der Waals surface area contributed by atoms with Crippen LogP contribution in [0.25, 0.3) is 11.1 Å². The fraction of sp³-hybridized carbons (Fsp3) is 0.355. The Hall–Kier alpha value is -3.80. The van der Waals surface area contributed by atoms with E-state index >= 15 is 0 Å². The van der Waals surface area contributed by atoms with Gasteiger partial charge in [0.05, 0.1) is 0 Å². The second-order valence-corrected chi connectivity index (χ2v) is 10.0. The van der Waals surface area contributed by atoms with Crippen LogP contribution in [0.5, 0.6) is 0 Å². The van der Waals surface area contributed by atoms with Crippen molar-refractivity contribution in [2.45, 2.75) is 44.9 Å². The van der Waals surface area contributed by atoms with E-state index in [9.17, 15) is 14.4 Å². The van der Waals surface area contributed by atoms with Crippen molar-refractivity contribution in [2.24, 2.45) is 5.92 Å². The average molecular weight is 496 g/mol. The first-order valence-electron chi connectivity index (χ1n) is 13.3. The summed E-state index contributed by atoms with van der Waals surface area (Å²) in [5.74, 6) is 0.721. The summed E-state index contributed by atoms with van der Waals surface area (Å²) in [6, 6.07) is 16.9. The van der Waals surface area contributed by atoms with Gasteiger partial charge in [-0.05, 0) is 54.9 Å². The summed E-state index contributed by atoms with van der Waals surface area (Å²) in [5, 5.41) is 3.03. The molecule has 1 aliphatic heterocycles. The van der Waals surface area contributed by atoms with Gasteiger partial charge in [0.25, 0.3) is 5.91 Å². The SMILES string of the molecule is O=C(CCc1cccnc1)NCCCCC1CCN(C(=O)c2cccc3c2-c2ccccc2C3=O)CC1. The molecular weight excluding hydrogens is 462 g/mol. The first-order valence-corrected chi connectivity index (χ1v) is 13.3. The molecule has 6 heteroatoms. The molecule has 0 radical (unpaired) electrons. The zero-order chi connectivity index (χ0) is 25.6. The smallest absolute Gasteiger partial charge is 0.254 e. The van der Waals surface area contributed by atoms with E-state index in [0.717, 1.165) is 61.9 Å². The van der Waals surface area contributed by atoms with Crippen LogP contribution in [0.4, 0.5) is 0 Å². The summed E-state index contributed by atoms with van der Waals surface area (Å²) in [5.41, 5.74) is 4.68. The second kappa shape index (κ2) is 11.5. The molecule has 1 saturated heterocycles. The number of unbranched alkanes of at least 4 members (excludes halogenated alkanes) is 1. The molecule has 0 unspecified atom stereocenters. The molecule has 1 fully saturated rings. The van der Waals surface area contributed by atoms with Crippen molar-refractivity contribution < 1.29 is 14.4 Å². The highest BCUT2D eigenvalue weighted by Gasteiger charge is 2.32. The fourth-order valence-corrected chi connectivity index (χ4v) is 5.53. The number of nitrogens with zero attached hydrogens (tertiary/aromatic N) is 2. The van der Waals surface area contributed by atoms with Gasteiger partial charge in [0.2, 0.25) is 5.91 Å². The normalized spacial score (nSPS) is 14.8. The lowest BCUT2D eigenvalue weighted by atomic mass is 9.90. The number of carbonyl (C=O) groups is 3. The van der Waals surface area contributed by atoms with E-state index in [4.69, 9.17) is 0 Å². The maximum atomic E-state index is 13.5. The Balaban J connectivity index is 1.05. The van der Waals surface area contributed by atoms with E-state index in [2.05, 4.69) is 10.3 Å². The van der Waals surface area contributed by atoms with E-state index < -0.39 is 0 Å². The Kier molecular flexibility index (Phi) is 7.73. The van der Waals surface area contributed by atoms with Crippen LogP contribution in [0.2, 0.25) is 0 Å². The first-order chi connectivity index (χ1) is 18.1. The Morgan fingerprint density at radius 3 is 2.49 bits per heavy atom. The quantitative estimate of drug-likeness (QED) is 0.329. The summed E-state index contributed by atoms with van der Waals surface area (Å²) in [6.07, 6.45) is 9.90. The third-order valence-electron chi connectivity index (χ3n) is 7.61. The zero-order valence-electron chi connectivity index (χ0n) is 21.1. The third-order valence-corrected chi connectivity index (χ3v) is 7.61. The topological polar surface area (TPSA) is 79.4 Å². The number of hydrogen-bond donors (Lipinski definition) is 1. The number of aryl methyl sites for hydroxylation is 1. The van der Waals surface area contributed by atoms with Gasteiger partial charge >= 0.3 is 0 Å². The predicted molar refractivity (Wildman–Crippen MR) is 143 cm³/mol. The van der Waals surface area contributed by atoms with E-state index in [0.29, 0.717) is 42.0 Å². The van der Waals surface area contributed by atoms with Gasteiger partial charge in [0, 0.05) is 60.7 Å². The summed E-state index contributed by atoms with van der Waals surface area (Å²) in [4.78, 5) is 44.4. The van der Waals surface area contributed by atoms with Crippen molar-refractivity contribution in [1.82, 2.24) is 15.2 Å². The van der Waals surface area contributed by atoms with Crippen molar-refractivity contribution in [3.8, 4) is 11.1 Å². The van der Waals surface area contributed by atoms with Gasteiger partial charge in [-0.1, -0.05) is 55.3 Å². The van der Waals surface area contributed by atoms with Gasteiger partial charge in [0.15, 0.2) is 5.78 Å². The molecule has 2 heterocycles. The lowest BCUT2D eigenvalue weighted by molar-refractivity contribution is -0.121. The highest BCUT2D eigenvalue weighted by Crippen LogP contribution is 2.39. The van der Waals surface area contributed by atoms with Crippen LogP contribution in [0, 0.1) is 5.92 Å². The molecule has 6 nitrogen and oxygen atoms in total.